The van der Waals surface area contributed by atoms with E-state index in [1.807, 2.05) is 19.1 Å². The van der Waals surface area contributed by atoms with Crippen molar-refractivity contribution in [2.24, 2.45) is 0 Å². The minimum absolute atomic E-state index is 0.0367. The van der Waals surface area contributed by atoms with Gasteiger partial charge in [-0.3, -0.25) is 0 Å². The SMILES string of the molecule is Cc1ccc(CS(=O)(=O)/C=C/c2ccc(F)cc2)cc1. The Morgan fingerprint density at radius 1 is 1.00 bits per heavy atom. The molecule has 0 saturated carbocycles. The summed E-state index contributed by atoms with van der Waals surface area (Å²) < 4.78 is 36.7. The fraction of sp³-hybridized carbons (Fsp3) is 0.125. The molecule has 20 heavy (non-hydrogen) atoms. The van der Waals surface area contributed by atoms with Gasteiger partial charge >= 0.3 is 0 Å². The maximum absolute atomic E-state index is 12.7. The first kappa shape index (κ1) is 14.5. The van der Waals surface area contributed by atoms with Crippen molar-refractivity contribution in [3.05, 3.63) is 76.4 Å². The molecule has 0 bridgehead atoms. The van der Waals surface area contributed by atoms with Crippen LogP contribution in [0.5, 0.6) is 0 Å². The van der Waals surface area contributed by atoms with Crippen LogP contribution >= 0.6 is 0 Å². The Kier molecular flexibility index (Phi) is 4.35. The fourth-order valence-corrected chi connectivity index (χ4v) is 2.84. The third-order valence-electron chi connectivity index (χ3n) is 2.83. The standard InChI is InChI=1S/C16H15FO2S/c1-13-2-4-15(5-3-13)12-20(18,19)11-10-14-6-8-16(17)9-7-14/h2-11H,12H2,1H3/b11-10+. The highest BCUT2D eigenvalue weighted by Gasteiger charge is 2.07. The van der Waals surface area contributed by atoms with Crippen molar-refractivity contribution >= 4 is 15.9 Å². The maximum Gasteiger partial charge on any atom is 0.175 e. The minimum atomic E-state index is -3.33. The molecule has 0 amide bonds. The third-order valence-corrected chi connectivity index (χ3v) is 4.11. The Labute approximate surface area is 118 Å². The first-order valence-electron chi connectivity index (χ1n) is 6.16. The van der Waals surface area contributed by atoms with Gasteiger partial charge in [-0.1, -0.05) is 42.0 Å². The van der Waals surface area contributed by atoms with Crippen LogP contribution in [0, 0.1) is 12.7 Å². The quantitative estimate of drug-likeness (QED) is 0.860. The summed E-state index contributed by atoms with van der Waals surface area (Å²) in [6.07, 6.45) is 1.48. The molecule has 0 aliphatic heterocycles. The Bertz CT molecular complexity index is 699. The van der Waals surface area contributed by atoms with Crippen molar-refractivity contribution in [2.45, 2.75) is 12.7 Å². The molecule has 2 aromatic rings. The van der Waals surface area contributed by atoms with E-state index in [0.717, 1.165) is 11.1 Å². The molecular weight excluding hydrogens is 275 g/mol. The summed E-state index contributed by atoms with van der Waals surface area (Å²) in [5.74, 6) is -0.380. The van der Waals surface area contributed by atoms with E-state index in [1.165, 1.54) is 35.7 Å². The zero-order valence-corrected chi connectivity index (χ0v) is 11.9. The summed E-state index contributed by atoms with van der Waals surface area (Å²) in [5, 5.41) is 1.17. The topological polar surface area (TPSA) is 34.1 Å². The average molecular weight is 290 g/mol. The van der Waals surface area contributed by atoms with Crippen LogP contribution < -0.4 is 0 Å². The van der Waals surface area contributed by atoms with E-state index in [9.17, 15) is 12.8 Å². The summed E-state index contributed by atoms with van der Waals surface area (Å²) in [6.45, 7) is 1.95. The van der Waals surface area contributed by atoms with Crippen LogP contribution in [-0.2, 0) is 15.6 Å². The van der Waals surface area contributed by atoms with E-state index in [4.69, 9.17) is 0 Å². The first-order chi connectivity index (χ1) is 9.44. The van der Waals surface area contributed by atoms with E-state index in [0.29, 0.717) is 5.56 Å². The van der Waals surface area contributed by atoms with Crippen LogP contribution in [0.1, 0.15) is 16.7 Å². The van der Waals surface area contributed by atoms with Gasteiger partial charge in [-0.25, -0.2) is 12.8 Å². The molecule has 0 spiro atoms. The molecule has 2 aromatic carbocycles. The highest BCUT2D eigenvalue weighted by atomic mass is 32.2. The smallest absolute Gasteiger partial charge is 0.175 e. The van der Waals surface area contributed by atoms with Crippen molar-refractivity contribution in [1.29, 1.82) is 0 Å². The van der Waals surface area contributed by atoms with E-state index in [1.54, 1.807) is 12.1 Å². The van der Waals surface area contributed by atoms with Gasteiger partial charge in [0, 0.05) is 5.41 Å². The van der Waals surface area contributed by atoms with E-state index in [-0.39, 0.29) is 11.6 Å². The normalized spacial score (nSPS) is 11.9. The molecule has 0 aliphatic carbocycles. The monoisotopic (exact) mass is 290 g/mol. The molecule has 0 saturated heterocycles. The van der Waals surface area contributed by atoms with Gasteiger partial charge in [-0.2, -0.15) is 0 Å². The van der Waals surface area contributed by atoms with Crippen LogP contribution in [-0.4, -0.2) is 8.42 Å². The molecule has 0 unspecified atom stereocenters. The van der Waals surface area contributed by atoms with Crippen molar-refractivity contribution in [1.82, 2.24) is 0 Å². The molecular formula is C16H15FO2S. The van der Waals surface area contributed by atoms with Gasteiger partial charge in [0.05, 0.1) is 5.75 Å². The van der Waals surface area contributed by atoms with Gasteiger partial charge < -0.3 is 0 Å². The predicted molar refractivity (Wildman–Crippen MR) is 79.2 cm³/mol. The molecule has 4 heteroatoms. The van der Waals surface area contributed by atoms with Gasteiger partial charge in [0.2, 0.25) is 0 Å². The van der Waals surface area contributed by atoms with Gasteiger partial charge in [0.15, 0.2) is 9.84 Å². The van der Waals surface area contributed by atoms with Gasteiger partial charge in [-0.05, 0) is 36.3 Å². The Hall–Kier alpha value is -1.94. The van der Waals surface area contributed by atoms with Crippen LogP contribution in [0.2, 0.25) is 0 Å². The average Bonchev–Trinajstić information content (AvgIpc) is 2.41. The molecule has 0 aliphatic rings. The molecule has 2 nitrogen and oxygen atoms in total. The second-order valence-corrected chi connectivity index (χ2v) is 6.53. The zero-order chi connectivity index (χ0) is 14.6. The molecule has 0 fully saturated rings. The molecule has 0 N–H and O–H groups in total. The summed E-state index contributed by atoms with van der Waals surface area (Å²) in [7, 11) is -3.33. The molecule has 0 heterocycles. The van der Waals surface area contributed by atoms with Crippen LogP contribution in [0.3, 0.4) is 0 Å². The summed E-state index contributed by atoms with van der Waals surface area (Å²) >= 11 is 0. The van der Waals surface area contributed by atoms with E-state index >= 15 is 0 Å². The molecule has 0 atom stereocenters. The minimum Gasteiger partial charge on any atom is -0.224 e. The predicted octanol–water partition coefficient (Wildman–Crippen LogP) is 3.72. The molecule has 104 valence electrons. The number of halogens is 1. The Morgan fingerprint density at radius 2 is 1.60 bits per heavy atom. The number of hydrogen-bond acceptors (Lipinski definition) is 2. The zero-order valence-electron chi connectivity index (χ0n) is 11.1. The van der Waals surface area contributed by atoms with Crippen molar-refractivity contribution in [3.63, 3.8) is 0 Å². The largest absolute Gasteiger partial charge is 0.224 e. The lowest BCUT2D eigenvalue weighted by molar-refractivity contribution is 0.604. The second-order valence-electron chi connectivity index (χ2n) is 4.65. The molecule has 2 rings (SSSR count). The van der Waals surface area contributed by atoms with Crippen LogP contribution in [0.15, 0.2) is 53.9 Å². The third kappa shape index (κ3) is 4.31. The highest BCUT2D eigenvalue weighted by molar-refractivity contribution is 7.93. The number of sulfone groups is 1. The Balaban J connectivity index is 2.11. The van der Waals surface area contributed by atoms with Crippen LogP contribution in [0.25, 0.3) is 6.08 Å². The summed E-state index contributed by atoms with van der Waals surface area (Å²) in [5.41, 5.74) is 2.49. The maximum atomic E-state index is 12.7. The van der Waals surface area contributed by atoms with E-state index in [2.05, 4.69) is 0 Å². The molecule has 0 aromatic heterocycles. The Morgan fingerprint density at radius 3 is 2.20 bits per heavy atom. The number of rotatable bonds is 4. The van der Waals surface area contributed by atoms with Gasteiger partial charge in [-0.15, -0.1) is 0 Å². The van der Waals surface area contributed by atoms with Crippen molar-refractivity contribution in [3.8, 4) is 0 Å². The number of aryl methyl sites for hydroxylation is 1. The summed E-state index contributed by atoms with van der Waals surface area (Å²) in [6, 6.07) is 13.0. The first-order valence-corrected chi connectivity index (χ1v) is 7.88. The van der Waals surface area contributed by atoms with Gasteiger partial charge in [0.25, 0.3) is 0 Å². The molecule has 0 radical (unpaired) electrons. The van der Waals surface area contributed by atoms with E-state index < -0.39 is 9.84 Å². The lowest BCUT2D eigenvalue weighted by Gasteiger charge is -2.01. The highest BCUT2D eigenvalue weighted by Crippen LogP contribution is 2.11. The second kappa shape index (κ2) is 6.01. The lowest BCUT2D eigenvalue weighted by atomic mass is 10.2. The van der Waals surface area contributed by atoms with Crippen LogP contribution in [0.4, 0.5) is 4.39 Å². The van der Waals surface area contributed by atoms with Gasteiger partial charge in [0.1, 0.15) is 5.82 Å². The van der Waals surface area contributed by atoms with Crippen molar-refractivity contribution in [2.75, 3.05) is 0 Å². The lowest BCUT2D eigenvalue weighted by Crippen LogP contribution is -1.99. The number of hydrogen-bond donors (Lipinski definition) is 0. The fourth-order valence-electron chi connectivity index (χ4n) is 1.72. The van der Waals surface area contributed by atoms with Crippen molar-refractivity contribution < 1.29 is 12.8 Å². The number of benzene rings is 2. The summed E-state index contributed by atoms with van der Waals surface area (Å²) in [4.78, 5) is 0.